The van der Waals surface area contributed by atoms with E-state index >= 15 is 0 Å². The Balaban J connectivity index is 2.23. The molecule has 0 aromatic heterocycles. The number of carbonyl (C=O) groups is 5. The average molecular weight is 639 g/mol. The Hall–Kier alpha value is -4.29. The lowest BCUT2D eigenvalue weighted by atomic mass is 9.98. The molecule has 252 valence electrons. The quantitative estimate of drug-likeness (QED) is 0.111. The topological polar surface area (TPSA) is 206 Å². The highest BCUT2D eigenvalue weighted by molar-refractivity contribution is 5.95. The fourth-order valence-corrected chi connectivity index (χ4v) is 4.86. The Kier molecular flexibility index (Phi) is 15.9. The number of benzene rings is 2. The molecule has 2 rings (SSSR count). The van der Waals surface area contributed by atoms with Gasteiger partial charge in [-0.3, -0.25) is 19.2 Å². The number of hydrogen-bond acceptors (Lipinski definition) is 7. The molecule has 0 bridgehead atoms. The minimum atomic E-state index is -1.22. The zero-order valence-corrected chi connectivity index (χ0v) is 27.2. The number of hydrogen-bond donors (Lipinski definition) is 7. The summed E-state index contributed by atoms with van der Waals surface area (Å²) in [5.41, 5.74) is 13.1. The summed E-state index contributed by atoms with van der Waals surface area (Å²) in [5.74, 6) is -4.29. The van der Waals surface area contributed by atoms with Crippen LogP contribution in [-0.2, 0) is 36.8 Å². The molecule has 0 heterocycles. The predicted octanol–water partition coefficient (Wildman–Crippen LogP) is 1.26. The summed E-state index contributed by atoms with van der Waals surface area (Å²) < 4.78 is 0. The van der Waals surface area contributed by atoms with Gasteiger partial charge in [-0.15, -0.1) is 0 Å². The highest BCUT2D eigenvalue weighted by Gasteiger charge is 2.34. The van der Waals surface area contributed by atoms with Gasteiger partial charge < -0.3 is 37.8 Å². The molecule has 12 nitrogen and oxygen atoms in total. The first-order valence-corrected chi connectivity index (χ1v) is 15.8. The summed E-state index contributed by atoms with van der Waals surface area (Å²) >= 11 is 0. The van der Waals surface area contributed by atoms with Crippen LogP contribution in [0.5, 0.6) is 0 Å². The Morgan fingerprint density at radius 2 is 1.07 bits per heavy atom. The predicted molar refractivity (Wildman–Crippen MR) is 176 cm³/mol. The van der Waals surface area contributed by atoms with E-state index in [4.69, 9.17) is 11.5 Å². The molecule has 0 fully saturated rings. The smallest absolute Gasteiger partial charge is 0.326 e. The third-order valence-electron chi connectivity index (χ3n) is 7.61. The second-order valence-corrected chi connectivity index (χ2v) is 12.2. The van der Waals surface area contributed by atoms with Gasteiger partial charge in [-0.2, -0.15) is 0 Å². The van der Waals surface area contributed by atoms with Crippen molar-refractivity contribution in [3.05, 3.63) is 71.8 Å². The maximum Gasteiger partial charge on any atom is 0.326 e. The minimum absolute atomic E-state index is 0.0619. The highest BCUT2D eigenvalue weighted by Crippen LogP contribution is 2.11. The van der Waals surface area contributed by atoms with Crippen LogP contribution in [0.3, 0.4) is 0 Å². The van der Waals surface area contributed by atoms with E-state index in [9.17, 15) is 29.1 Å². The van der Waals surface area contributed by atoms with Gasteiger partial charge in [0.05, 0.1) is 6.04 Å². The largest absolute Gasteiger partial charge is 0.480 e. The Bertz CT molecular complexity index is 1270. The van der Waals surface area contributed by atoms with Crippen LogP contribution >= 0.6 is 0 Å². The van der Waals surface area contributed by atoms with E-state index in [1.807, 2.05) is 24.3 Å². The normalized spacial score (nSPS) is 14.4. The first-order valence-electron chi connectivity index (χ1n) is 15.8. The van der Waals surface area contributed by atoms with Gasteiger partial charge in [0.25, 0.3) is 0 Å². The lowest BCUT2D eigenvalue weighted by Gasteiger charge is -2.29. The molecule has 9 N–H and O–H groups in total. The molecule has 0 unspecified atom stereocenters. The third-order valence-corrected chi connectivity index (χ3v) is 7.61. The lowest BCUT2D eigenvalue weighted by Crippen LogP contribution is -2.60. The molecule has 0 saturated heterocycles. The molecule has 46 heavy (non-hydrogen) atoms. The molecule has 2 aromatic rings. The van der Waals surface area contributed by atoms with Crippen molar-refractivity contribution < 1.29 is 29.1 Å². The van der Waals surface area contributed by atoms with E-state index in [1.165, 1.54) is 0 Å². The van der Waals surface area contributed by atoms with Gasteiger partial charge in [0.15, 0.2) is 0 Å². The standard InChI is InChI=1S/C34H50N6O6/c1-21(2)28(39-30(41)25(36)17-11-12-18-35)32(43)37-26(19-23-13-7-5-8-14-23)31(42)40-29(22(3)4)33(44)38-27(34(45)46)20-24-15-9-6-10-16-24/h5-10,13-16,21-22,25-29H,11-12,17-20,35-36H2,1-4H3,(H,37,43)(H,38,44)(H,39,41)(H,40,42)(H,45,46)/t25-,26-,27-,28-,29-/m0/s1. The van der Waals surface area contributed by atoms with Gasteiger partial charge in [0, 0.05) is 12.8 Å². The number of carboxylic acid groups (broad SMARTS) is 1. The Morgan fingerprint density at radius 3 is 1.50 bits per heavy atom. The van der Waals surface area contributed by atoms with Gasteiger partial charge in [-0.05, 0) is 42.3 Å². The summed E-state index contributed by atoms with van der Waals surface area (Å²) in [6.07, 6.45) is 1.99. The maximum absolute atomic E-state index is 13.7. The average Bonchev–Trinajstić information content (AvgIpc) is 3.02. The number of aliphatic carboxylic acids is 1. The van der Waals surface area contributed by atoms with Crippen molar-refractivity contribution in [2.75, 3.05) is 6.54 Å². The molecule has 0 radical (unpaired) electrons. The van der Waals surface area contributed by atoms with Crippen molar-refractivity contribution >= 4 is 29.6 Å². The number of nitrogens with one attached hydrogen (secondary N) is 4. The van der Waals surface area contributed by atoms with Crippen LogP contribution in [0.25, 0.3) is 0 Å². The first-order chi connectivity index (χ1) is 21.8. The summed E-state index contributed by atoms with van der Waals surface area (Å²) in [6.45, 7) is 7.48. The van der Waals surface area contributed by atoms with Gasteiger partial charge in [0.1, 0.15) is 24.2 Å². The molecule has 12 heteroatoms. The van der Waals surface area contributed by atoms with Crippen molar-refractivity contribution in [3.63, 3.8) is 0 Å². The second-order valence-electron chi connectivity index (χ2n) is 12.2. The fourth-order valence-electron chi connectivity index (χ4n) is 4.86. The second kappa shape index (κ2) is 19.3. The number of unbranched alkanes of at least 4 members (excludes halogenated alkanes) is 1. The van der Waals surface area contributed by atoms with E-state index in [2.05, 4.69) is 21.3 Å². The van der Waals surface area contributed by atoms with E-state index < -0.39 is 65.7 Å². The van der Waals surface area contributed by atoms with E-state index in [0.29, 0.717) is 19.4 Å². The molecule has 5 atom stereocenters. The van der Waals surface area contributed by atoms with Crippen molar-refractivity contribution in [1.29, 1.82) is 0 Å². The Morgan fingerprint density at radius 1 is 0.630 bits per heavy atom. The molecule has 2 aromatic carbocycles. The first kappa shape index (κ1) is 37.9. The molecular formula is C34H50N6O6. The number of carboxylic acids is 1. The van der Waals surface area contributed by atoms with Crippen molar-refractivity contribution in [1.82, 2.24) is 21.3 Å². The molecule has 0 aliphatic heterocycles. The number of carbonyl (C=O) groups excluding carboxylic acids is 4. The molecule has 0 aliphatic rings. The minimum Gasteiger partial charge on any atom is -0.480 e. The number of nitrogens with two attached hydrogens (primary N) is 2. The van der Waals surface area contributed by atoms with Gasteiger partial charge in [-0.25, -0.2) is 4.79 Å². The SMILES string of the molecule is CC(C)[C@H](NC(=O)[C@H](Cc1ccccc1)NC(=O)[C@@H](NC(=O)[C@@H](N)CCCCN)C(C)C)C(=O)N[C@@H](Cc1ccccc1)C(=O)O. The summed E-state index contributed by atoms with van der Waals surface area (Å²) in [7, 11) is 0. The van der Waals surface area contributed by atoms with Gasteiger partial charge >= 0.3 is 5.97 Å². The van der Waals surface area contributed by atoms with Crippen LogP contribution in [0, 0.1) is 11.8 Å². The Labute approximate surface area is 271 Å². The maximum atomic E-state index is 13.7. The molecule has 0 aliphatic carbocycles. The van der Waals surface area contributed by atoms with Crippen molar-refractivity contribution in [3.8, 4) is 0 Å². The van der Waals surface area contributed by atoms with E-state index in [1.54, 1.807) is 64.1 Å². The summed E-state index contributed by atoms with van der Waals surface area (Å²) in [5, 5.41) is 20.6. The van der Waals surface area contributed by atoms with E-state index in [0.717, 1.165) is 17.5 Å². The monoisotopic (exact) mass is 638 g/mol. The lowest BCUT2D eigenvalue weighted by molar-refractivity contribution is -0.142. The van der Waals surface area contributed by atoms with Gasteiger partial charge in [-0.1, -0.05) is 94.8 Å². The van der Waals surface area contributed by atoms with E-state index in [-0.39, 0.29) is 18.8 Å². The zero-order valence-electron chi connectivity index (χ0n) is 27.2. The van der Waals surface area contributed by atoms with Crippen LogP contribution in [0.2, 0.25) is 0 Å². The van der Waals surface area contributed by atoms with Crippen LogP contribution in [0.4, 0.5) is 0 Å². The van der Waals surface area contributed by atoms with Gasteiger partial charge in [0.2, 0.25) is 23.6 Å². The highest BCUT2D eigenvalue weighted by atomic mass is 16.4. The summed E-state index contributed by atoms with van der Waals surface area (Å²) in [6, 6.07) is 12.7. The van der Waals surface area contributed by atoms with Crippen LogP contribution in [0.1, 0.15) is 58.1 Å². The third kappa shape index (κ3) is 12.6. The fraction of sp³-hybridized carbons (Fsp3) is 0.500. The van der Waals surface area contributed by atoms with Crippen molar-refractivity contribution in [2.24, 2.45) is 23.3 Å². The van der Waals surface area contributed by atoms with Crippen LogP contribution in [0.15, 0.2) is 60.7 Å². The van der Waals surface area contributed by atoms with Crippen molar-refractivity contribution in [2.45, 2.75) is 90.0 Å². The van der Waals surface area contributed by atoms with Crippen LogP contribution in [-0.4, -0.2) is 71.5 Å². The zero-order chi connectivity index (χ0) is 34.2. The molecule has 4 amide bonds. The molecule has 0 saturated carbocycles. The summed E-state index contributed by atoms with van der Waals surface area (Å²) in [4.78, 5) is 65.5. The number of rotatable bonds is 19. The molecular weight excluding hydrogens is 588 g/mol. The molecule has 0 spiro atoms. The number of amides is 4. The van der Waals surface area contributed by atoms with Crippen LogP contribution < -0.4 is 32.7 Å².